The van der Waals surface area contributed by atoms with Gasteiger partial charge in [-0.05, 0) is 36.8 Å². The number of hydrogen-bond donors (Lipinski definition) is 4. The molecule has 0 aliphatic carbocycles. The minimum atomic E-state index is -0.186. The van der Waals surface area contributed by atoms with Crippen molar-refractivity contribution in [2.45, 2.75) is 6.42 Å². The normalized spacial score (nSPS) is 10.4. The summed E-state index contributed by atoms with van der Waals surface area (Å²) >= 11 is 5.23. The van der Waals surface area contributed by atoms with Crippen LogP contribution in [0, 0.1) is 0 Å². The first-order valence-electron chi connectivity index (χ1n) is 7.90. The van der Waals surface area contributed by atoms with E-state index in [0.29, 0.717) is 29.4 Å². The Morgan fingerprint density at radius 3 is 2.76 bits per heavy atom. The van der Waals surface area contributed by atoms with Crippen molar-refractivity contribution in [2.24, 2.45) is 0 Å². The molecule has 4 N–H and O–H groups in total. The summed E-state index contributed by atoms with van der Waals surface area (Å²) in [6.07, 6.45) is 4.26. The van der Waals surface area contributed by atoms with Gasteiger partial charge in [0.2, 0.25) is 0 Å². The first-order chi connectivity index (χ1) is 12.2. The van der Waals surface area contributed by atoms with E-state index in [1.807, 2.05) is 30.3 Å². The zero-order valence-corrected chi connectivity index (χ0v) is 14.3. The Labute approximate surface area is 149 Å². The molecule has 0 bridgehead atoms. The third-order valence-corrected chi connectivity index (χ3v) is 3.79. The zero-order valence-electron chi connectivity index (χ0n) is 13.5. The van der Waals surface area contributed by atoms with E-state index in [1.165, 1.54) is 0 Å². The molecule has 2 aromatic heterocycles. The van der Waals surface area contributed by atoms with E-state index in [4.69, 9.17) is 12.2 Å². The molecule has 0 saturated carbocycles. The molecule has 8 heteroatoms. The Morgan fingerprint density at radius 1 is 1.12 bits per heavy atom. The SMILES string of the molecule is O=c1[nH]nc(NCCCNC(=S)Nc2cccnc2)c2ccccc12. The van der Waals surface area contributed by atoms with Gasteiger partial charge in [0.15, 0.2) is 10.9 Å². The molecule has 25 heavy (non-hydrogen) atoms. The topological polar surface area (TPSA) is 94.7 Å². The average Bonchev–Trinajstić information content (AvgIpc) is 2.64. The molecule has 0 saturated heterocycles. The number of nitrogens with one attached hydrogen (secondary N) is 4. The largest absolute Gasteiger partial charge is 0.368 e. The van der Waals surface area contributed by atoms with Gasteiger partial charge in [-0.2, -0.15) is 5.10 Å². The Kier molecular flexibility index (Phi) is 5.53. The van der Waals surface area contributed by atoms with Gasteiger partial charge < -0.3 is 16.0 Å². The predicted octanol–water partition coefficient (Wildman–Crippen LogP) is 2.11. The van der Waals surface area contributed by atoms with Gasteiger partial charge in [-0.1, -0.05) is 18.2 Å². The molecule has 0 aliphatic heterocycles. The maximum absolute atomic E-state index is 11.8. The number of fused-ring (bicyclic) bond motifs is 1. The second-order valence-electron chi connectivity index (χ2n) is 5.35. The molecular formula is C17H18N6OS. The number of aromatic nitrogens is 3. The lowest BCUT2D eigenvalue weighted by atomic mass is 10.2. The van der Waals surface area contributed by atoms with Crippen LogP contribution in [0.1, 0.15) is 6.42 Å². The van der Waals surface area contributed by atoms with Crippen LogP contribution in [0.5, 0.6) is 0 Å². The van der Waals surface area contributed by atoms with Gasteiger partial charge in [0.25, 0.3) is 5.56 Å². The van der Waals surface area contributed by atoms with Crippen LogP contribution in [-0.2, 0) is 0 Å². The number of nitrogens with zero attached hydrogens (tertiary/aromatic N) is 2. The smallest absolute Gasteiger partial charge is 0.272 e. The fourth-order valence-electron chi connectivity index (χ4n) is 2.36. The van der Waals surface area contributed by atoms with Crippen molar-refractivity contribution in [1.29, 1.82) is 0 Å². The van der Waals surface area contributed by atoms with E-state index in [-0.39, 0.29) is 5.56 Å². The molecule has 0 radical (unpaired) electrons. The summed E-state index contributed by atoms with van der Waals surface area (Å²) < 4.78 is 0. The molecule has 0 aliphatic rings. The van der Waals surface area contributed by atoms with Crippen LogP contribution in [0.4, 0.5) is 11.5 Å². The Hall–Kier alpha value is -3.00. The number of anilines is 2. The number of rotatable bonds is 6. The van der Waals surface area contributed by atoms with Gasteiger partial charge in [-0.3, -0.25) is 9.78 Å². The molecule has 0 amide bonds. The number of H-pyrrole nitrogens is 1. The molecule has 0 fully saturated rings. The molecule has 3 aromatic rings. The van der Waals surface area contributed by atoms with E-state index < -0.39 is 0 Å². The third-order valence-electron chi connectivity index (χ3n) is 3.55. The van der Waals surface area contributed by atoms with Crippen LogP contribution in [0.15, 0.2) is 53.6 Å². The van der Waals surface area contributed by atoms with Crippen LogP contribution in [0.25, 0.3) is 10.8 Å². The van der Waals surface area contributed by atoms with Gasteiger partial charge >= 0.3 is 0 Å². The summed E-state index contributed by atoms with van der Waals surface area (Å²) in [7, 11) is 0. The molecule has 7 nitrogen and oxygen atoms in total. The van der Waals surface area contributed by atoms with Gasteiger partial charge in [0.05, 0.1) is 17.3 Å². The molecule has 128 valence electrons. The molecule has 0 unspecified atom stereocenters. The second-order valence-corrected chi connectivity index (χ2v) is 5.76. The Morgan fingerprint density at radius 2 is 1.96 bits per heavy atom. The summed E-state index contributed by atoms with van der Waals surface area (Å²) in [6, 6.07) is 11.1. The van der Waals surface area contributed by atoms with Crippen LogP contribution in [-0.4, -0.2) is 33.4 Å². The lowest BCUT2D eigenvalue weighted by molar-refractivity contribution is 0.805. The van der Waals surface area contributed by atoms with Crippen molar-refractivity contribution in [2.75, 3.05) is 23.7 Å². The van der Waals surface area contributed by atoms with E-state index in [1.54, 1.807) is 18.5 Å². The lowest BCUT2D eigenvalue weighted by Crippen LogP contribution is -2.30. The number of pyridine rings is 1. The van der Waals surface area contributed by atoms with Gasteiger partial charge in [0, 0.05) is 24.7 Å². The van der Waals surface area contributed by atoms with E-state index >= 15 is 0 Å². The lowest BCUT2D eigenvalue weighted by Gasteiger charge is -2.11. The van der Waals surface area contributed by atoms with Crippen LogP contribution in [0.3, 0.4) is 0 Å². The highest BCUT2D eigenvalue weighted by atomic mass is 32.1. The molecule has 0 atom stereocenters. The Balaban J connectivity index is 1.45. The standard InChI is InChI=1S/C17H18N6OS/c24-16-14-7-2-1-6-13(14)15(22-23-16)19-9-4-10-20-17(25)21-12-5-3-8-18-11-12/h1-3,5-8,11H,4,9-10H2,(H,19,22)(H,23,24)(H2,20,21,25). The monoisotopic (exact) mass is 354 g/mol. The summed E-state index contributed by atoms with van der Waals surface area (Å²) in [5, 5.41) is 18.0. The third kappa shape index (κ3) is 4.51. The van der Waals surface area contributed by atoms with E-state index in [9.17, 15) is 4.79 Å². The highest BCUT2D eigenvalue weighted by Crippen LogP contribution is 2.16. The van der Waals surface area contributed by atoms with Crippen molar-refractivity contribution in [3.8, 4) is 0 Å². The van der Waals surface area contributed by atoms with E-state index in [0.717, 1.165) is 17.5 Å². The number of hydrogen-bond acceptors (Lipinski definition) is 5. The number of aromatic amines is 1. The molecule has 0 spiro atoms. The predicted molar refractivity (Wildman–Crippen MR) is 104 cm³/mol. The first kappa shape index (κ1) is 16.8. The van der Waals surface area contributed by atoms with Crippen LogP contribution < -0.4 is 21.5 Å². The molecule has 3 rings (SSSR count). The van der Waals surface area contributed by atoms with Crippen molar-refractivity contribution >= 4 is 39.6 Å². The zero-order chi connectivity index (χ0) is 17.5. The number of thiocarbonyl (C=S) groups is 1. The highest BCUT2D eigenvalue weighted by Gasteiger charge is 2.04. The molecule has 2 heterocycles. The minimum absolute atomic E-state index is 0.186. The molecular weight excluding hydrogens is 336 g/mol. The van der Waals surface area contributed by atoms with Crippen LogP contribution >= 0.6 is 12.2 Å². The number of benzene rings is 1. The fourth-order valence-corrected chi connectivity index (χ4v) is 2.58. The summed E-state index contributed by atoms with van der Waals surface area (Å²) in [4.78, 5) is 15.8. The molecule has 1 aromatic carbocycles. The first-order valence-corrected chi connectivity index (χ1v) is 8.31. The minimum Gasteiger partial charge on any atom is -0.368 e. The summed E-state index contributed by atoms with van der Waals surface area (Å²) in [6.45, 7) is 1.41. The van der Waals surface area contributed by atoms with Gasteiger partial charge in [-0.25, -0.2) is 5.10 Å². The van der Waals surface area contributed by atoms with Crippen molar-refractivity contribution in [3.05, 3.63) is 59.1 Å². The maximum Gasteiger partial charge on any atom is 0.272 e. The van der Waals surface area contributed by atoms with Crippen LogP contribution in [0.2, 0.25) is 0 Å². The summed E-state index contributed by atoms with van der Waals surface area (Å²) in [5.41, 5.74) is 0.664. The van der Waals surface area contributed by atoms with Crippen molar-refractivity contribution in [1.82, 2.24) is 20.5 Å². The highest BCUT2D eigenvalue weighted by molar-refractivity contribution is 7.80. The Bertz CT molecular complexity index is 912. The average molecular weight is 354 g/mol. The van der Waals surface area contributed by atoms with Crippen molar-refractivity contribution in [3.63, 3.8) is 0 Å². The van der Waals surface area contributed by atoms with Gasteiger partial charge in [0.1, 0.15) is 0 Å². The maximum atomic E-state index is 11.8. The fraction of sp³-hybridized carbons (Fsp3) is 0.176. The van der Waals surface area contributed by atoms with E-state index in [2.05, 4.69) is 31.1 Å². The summed E-state index contributed by atoms with van der Waals surface area (Å²) in [5.74, 6) is 0.672. The van der Waals surface area contributed by atoms with Gasteiger partial charge in [-0.15, -0.1) is 0 Å². The quantitative estimate of drug-likeness (QED) is 0.398. The van der Waals surface area contributed by atoms with Crippen molar-refractivity contribution < 1.29 is 0 Å². The second kappa shape index (κ2) is 8.20.